The summed E-state index contributed by atoms with van der Waals surface area (Å²) in [6.45, 7) is 7.39. The van der Waals surface area contributed by atoms with E-state index in [0.717, 1.165) is 6.42 Å². The molecule has 1 atom stereocenters. The average molecular weight is 280 g/mol. The van der Waals surface area contributed by atoms with Gasteiger partial charge in [-0.15, -0.1) is 0 Å². The van der Waals surface area contributed by atoms with Gasteiger partial charge in [0.15, 0.2) is 0 Å². The second-order valence-corrected chi connectivity index (χ2v) is 5.16. The molecule has 0 aliphatic carbocycles. The van der Waals surface area contributed by atoms with Gasteiger partial charge in [0, 0.05) is 5.56 Å². The minimum absolute atomic E-state index is 0.230. The minimum atomic E-state index is -0.336. The highest BCUT2D eigenvalue weighted by molar-refractivity contribution is 5.94. The van der Waals surface area contributed by atoms with E-state index < -0.39 is 0 Å². The number of hydrazine groups is 1. The quantitative estimate of drug-likeness (QED) is 0.331. The molecule has 0 aromatic heterocycles. The lowest BCUT2D eigenvalue weighted by Gasteiger charge is -2.15. The van der Waals surface area contributed by atoms with Crippen LogP contribution in [-0.2, 0) is 4.74 Å². The van der Waals surface area contributed by atoms with Gasteiger partial charge in [-0.2, -0.15) is 0 Å². The Bertz CT molecular complexity index is 421. The second kappa shape index (κ2) is 8.55. The SMILES string of the molecule is CC(C)CC(C)OCCOc1cccc(C(=O)NN)c1. The van der Waals surface area contributed by atoms with Gasteiger partial charge < -0.3 is 9.47 Å². The number of benzene rings is 1. The summed E-state index contributed by atoms with van der Waals surface area (Å²) in [6.07, 6.45) is 1.26. The lowest BCUT2D eigenvalue weighted by atomic mass is 10.1. The Morgan fingerprint density at radius 2 is 2.05 bits per heavy atom. The molecule has 0 heterocycles. The molecule has 3 N–H and O–H groups in total. The van der Waals surface area contributed by atoms with Crippen LogP contribution in [0.15, 0.2) is 24.3 Å². The van der Waals surface area contributed by atoms with Crippen LogP contribution in [0.2, 0.25) is 0 Å². The van der Waals surface area contributed by atoms with Gasteiger partial charge in [-0.1, -0.05) is 19.9 Å². The van der Waals surface area contributed by atoms with E-state index in [1.54, 1.807) is 24.3 Å². The molecule has 5 heteroatoms. The van der Waals surface area contributed by atoms with Crippen LogP contribution in [0, 0.1) is 5.92 Å². The summed E-state index contributed by atoms with van der Waals surface area (Å²) in [7, 11) is 0. The topological polar surface area (TPSA) is 73.6 Å². The fourth-order valence-electron chi connectivity index (χ4n) is 1.95. The van der Waals surface area contributed by atoms with Crippen molar-refractivity contribution in [1.82, 2.24) is 5.43 Å². The summed E-state index contributed by atoms with van der Waals surface area (Å²) in [5.41, 5.74) is 2.56. The van der Waals surface area contributed by atoms with Crippen molar-refractivity contribution in [3.63, 3.8) is 0 Å². The largest absolute Gasteiger partial charge is 0.491 e. The molecule has 1 aromatic carbocycles. The van der Waals surface area contributed by atoms with Gasteiger partial charge in [0.1, 0.15) is 12.4 Å². The van der Waals surface area contributed by atoms with Crippen LogP contribution >= 0.6 is 0 Å². The maximum Gasteiger partial charge on any atom is 0.265 e. The molecule has 0 bridgehead atoms. The second-order valence-electron chi connectivity index (χ2n) is 5.16. The molecule has 0 spiro atoms. The van der Waals surface area contributed by atoms with Crippen molar-refractivity contribution in [2.24, 2.45) is 11.8 Å². The van der Waals surface area contributed by atoms with Crippen LogP contribution in [0.5, 0.6) is 5.75 Å². The van der Waals surface area contributed by atoms with E-state index in [2.05, 4.69) is 26.2 Å². The number of nitrogens with two attached hydrogens (primary N) is 1. The van der Waals surface area contributed by atoms with Crippen LogP contribution in [-0.4, -0.2) is 25.2 Å². The molecule has 0 aliphatic rings. The van der Waals surface area contributed by atoms with Crippen LogP contribution in [0.4, 0.5) is 0 Å². The third-order valence-electron chi connectivity index (χ3n) is 2.79. The monoisotopic (exact) mass is 280 g/mol. The number of carbonyl (C=O) groups is 1. The molecular weight excluding hydrogens is 256 g/mol. The van der Waals surface area contributed by atoms with Crippen LogP contribution in [0.3, 0.4) is 0 Å². The van der Waals surface area contributed by atoms with E-state index >= 15 is 0 Å². The number of hydrogen-bond donors (Lipinski definition) is 2. The van der Waals surface area contributed by atoms with E-state index in [4.69, 9.17) is 15.3 Å². The molecular formula is C15H24N2O3. The Kier molecular flexibility index (Phi) is 7.04. The van der Waals surface area contributed by atoms with E-state index in [9.17, 15) is 4.79 Å². The summed E-state index contributed by atoms with van der Waals surface area (Å²) >= 11 is 0. The third kappa shape index (κ3) is 6.04. The Hall–Kier alpha value is -1.59. The highest BCUT2D eigenvalue weighted by Crippen LogP contribution is 2.13. The molecule has 20 heavy (non-hydrogen) atoms. The lowest BCUT2D eigenvalue weighted by Crippen LogP contribution is -2.29. The molecule has 1 unspecified atom stereocenters. The number of rotatable bonds is 8. The minimum Gasteiger partial charge on any atom is -0.491 e. The Morgan fingerprint density at radius 3 is 2.70 bits per heavy atom. The lowest BCUT2D eigenvalue weighted by molar-refractivity contribution is 0.0331. The Balaban J connectivity index is 2.33. The summed E-state index contributed by atoms with van der Waals surface area (Å²) in [4.78, 5) is 11.4. The first-order valence-corrected chi connectivity index (χ1v) is 6.88. The number of carbonyl (C=O) groups excluding carboxylic acids is 1. The first-order valence-electron chi connectivity index (χ1n) is 6.88. The highest BCUT2D eigenvalue weighted by Gasteiger charge is 2.06. The van der Waals surface area contributed by atoms with Crippen molar-refractivity contribution in [2.75, 3.05) is 13.2 Å². The summed E-state index contributed by atoms with van der Waals surface area (Å²) in [5, 5.41) is 0. The Morgan fingerprint density at radius 1 is 1.30 bits per heavy atom. The van der Waals surface area contributed by atoms with Crippen molar-refractivity contribution in [3.05, 3.63) is 29.8 Å². The van der Waals surface area contributed by atoms with Gasteiger partial charge in [0.25, 0.3) is 5.91 Å². The third-order valence-corrected chi connectivity index (χ3v) is 2.79. The van der Waals surface area contributed by atoms with Gasteiger partial charge in [-0.25, -0.2) is 5.84 Å². The number of nitrogen functional groups attached to an aromatic ring is 1. The van der Waals surface area contributed by atoms with Crippen LogP contribution in [0.1, 0.15) is 37.6 Å². The molecule has 5 nitrogen and oxygen atoms in total. The van der Waals surface area contributed by atoms with Crippen molar-refractivity contribution in [1.29, 1.82) is 0 Å². The van der Waals surface area contributed by atoms with Crippen molar-refractivity contribution in [3.8, 4) is 5.75 Å². The molecule has 0 saturated heterocycles. The molecule has 0 aliphatic heterocycles. The first kappa shape index (κ1) is 16.5. The summed E-state index contributed by atoms with van der Waals surface area (Å²) < 4.78 is 11.2. The zero-order chi connectivity index (χ0) is 15.0. The van der Waals surface area contributed by atoms with E-state index in [1.807, 2.05) is 0 Å². The predicted octanol–water partition coefficient (Wildman–Crippen LogP) is 2.12. The highest BCUT2D eigenvalue weighted by atomic mass is 16.5. The van der Waals surface area contributed by atoms with Crippen molar-refractivity contribution >= 4 is 5.91 Å². The molecule has 1 amide bonds. The number of ether oxygens (including phenoxy) is 2. The fraction of sp³-hybridized carbons (Fsp3) is 0.533. The number of amides is 1. The maximum atomic E-state index is 11.4. The van der Waals surface area contributed by atoms with Gasteiger partial charge in [-0.05, 0) is 37.5 Å². The number of hydrogen-bond acceptors (Lipinski definition) is 4. The maximum absolute atomic E-state index is 11.4. The molecule has 0 radical (unpaired) electrons. The van der Waals surface area contributed by atoms with Crippen LogP contribution in [0.25, 0.3) is 0 Å². The molecule has 0 saturated carbocycles. The fourth-order valence-corrected chi connectivity index (χ4v) is 1.95. The first-order chi connectivity index (χ1) is 9.52. The summed E-state index contributed by atoms with van der Waals surface area (Å²) in [6, 6.07) is 6.88. The molecule has 0 fully saturated rings. The normalized spacial score (nSPS) is 12.2. The van der Waals surface area contributed by atoms with Crippen LogP contribution < -0.4 is 16.0 Å². The van der Waals surface area contributed by atoms with Crippen molar-refractivity contribution < 1.29 is 14.3 Å². The summed E-state index contributed by atoms with van der Waals surface area (Å²) in [5.74, 6) is 6.01. The standard InChI is InChI=1S/C15H24N2O3/c1-11(2)9-12(3)19-7-8-20-14-6-4-5-13(10-14)15(18)17-16/h4-6,10-12H,7-9,16H2,1-3H3,(H,17,18). The average Bonchev–Trinajstić information content (AvgIpc) is 2.42. The van der Waals surface area contributed by atoms with E-state index in [-0.39, 0.29) is 12.0 Å². The van der Waals surface area contributed by atoms with Gasteiger partial charge in [-0.3, -0.25) is 10.2 Å². The zero-order valence-corrected chi connectivity index (χ0v) is 12.4. The zero-order valence-electron chi connectivity index (χ0n) is 12.4. The van der Waals surface area contributed by atoms with Gasteiger partial charge in [0.05, 0.1) is 12.7 Å². The van der Waals surface area contributed by atoms with E-state index in [0.29, 0.717) is 30.4 Å². The molecule has 1 aromatic rings. The van der Waals surface area contributed by atoms with E-state index in [1.165, 1.54) is 0 Å². The number of nitrogens with one attached hydrogen (secondary N) is 1. The van der Waals surface area contributed by atoms with Gasteiger partial charge in [0.2, 0.25) is 0 Å². The molecule has 112 valence electrons. The predicted molar refractivity (Wildman–Crippen MR) is 78.5 cm³/mol. The van der Waals surface area contributed by atoms with Gasteiger partial charge >= 0.3 is 0 Å². The Labute approximate surface area is 120 Å². The smallest absolute Gasteiger partial charge is 0.265 e. The molecule has 1 rings (SSSR count). The van der Waals surface area contributed by atoms with Crippen molar-refractivity contribution in [2.45, 2.75) is 33.3 Å².